The number of halogens is 1. The second-order valence-corrected chi connectivity index (χ2v) is 6.61. The molecule has 3 aromatic carbocycles. The Morgan fingerprint density at radius 3 is 2.25 bits per heavy atom. The normalized spacial score (nSPS) is 16.4. The van der Waals surface area contributed by atoms with E-state index in [0.29, 0.717) is 6.42 Å². The van der Waals surface area contributed by atoms with Crippen molar-refractivity contribution in [1.29, 1.82) is 0 Å². The lowest BCUT2D eigenvalue weighted by atomic mass is 9.98. The van der Waals surface area contributed by atoms with Gasteiger partial charge in [0.25, 0.3) is 5.91 Å². The highest BCUT2D eigenvalue weighted by Gasteiger charge is 2.32. The summed E-state index contributed by atoms with van der Waals surface area (Å²) < 4.78 is 13.4. The third-order valence-corrected chi connectivity index (χ3v) is 4.72. The molecule has 4 rings (SSSR count). The van der Waals surface area contributed by atoms with Gasteiger partial charge >= 0.3 is 0 Å². The number of nitrogens with zero attached hydrogens (tertiary/aromatic N) is 2. The maximum atomic E-state index is 13.4. The maximum absolute atomic E-state index is 13.4. The molecule has 1 amide bonds. The van der Waals surface area contributed by atoms with Crippen LogP contribution in [0, 0.1) is 5.82 Å². The predicted molar refractivity (Wildman–Crippen MR) is 109 cm³/mol. The highest BCUT2D eigenvalue weighted by Crippen LogP contribution is 2.33. The highest BCUT2D eigenvalue weighted by molar-refractivity contribution is 6.04. The van der Waals surface area contributed by atoms with E-state index in [4.69, 9.17) is 0 Å². The Balaban J connectivity index is 1.64. The number of hydrogen-bond acceptors (Lipinski definition) is 2. The van der Waals surface area contributed by atoms with Crippen LogP contribution in [0.1, 0.15) is 29.2 Å². The Morgan fingerprint density at radius 1 is 0.929 bits per heavy atom. The number of hydrogen-bond donors (Lipinski definition) is 0. The van der Waals surface area contributed by atoms with Crippen LogP contribution >= 0.6 is 0 Å². The standard InChI is InChI=1S/C24H19FN2O/c25-21-14-12-20(13-15-21)23-17-22(19-9-5-2-6-10-19)26-27(23)24(28)16-11-18-7-3-1-4-8-18/h1-16,23H,17H2. The van der Waals surface area contributed by atoms with Gasteiger partial charge in [-0.1, -0.05) is 72.8 Å². The van der Waals surface area contributed by atoms with Gasteiger partial charge in [0.05, 0.1) is 11.8 Å². The van der Waals surface area contributed by atoms with Gasteiger partial charge in [-0.05, 0) is 34.9 Å². The largest absolute Gasteiger partial charge is 0.268 e. The van der Waals surface area contributed by atoms with Gasteiger partial charge in [-0.3, -0.25) is 4.79 Å². The van der Waals surface area contributed by atoms with Gasteiger partial charge in [0.2, 0.25) is 0 Å². The third kappa shape index (κ3) is 3.91. The van der Waals surface area contributed by atoms with E-state index in [1.807, 2.05) is 60.7 Å². The lowest BCUT2D eigenvalue weighted by Gasteiger charge is -2.20. The van der Waals surface area contributed by atoms with Gasteiger partial charge < -0.3 is 0 Å². The van der Waals surface area contributed by atoms with Crippen molar-refractivity contribution >= 4 is 17.7 Å². The van der Waals surface area contributed by atoms with Gasteiger partial charge in [-0.25, -0.2) is 9.40 Å². The molecular weight excluding hydrogens is 351 g/mol. The van der Waals surface area contributed by atoms with Crippen molar-refractivity contribution in [3.8, 4) is 0 Å². The summed E-state index contributed by atoms with van der Waals surface area (Å²) in [4.78, 5) is 12.9. The smallest absolute Gasteiger partial charge is 0.267 e. The van der Waals surface area contributed by atoms with Gasteiger partial charge in [0.15, 0.2) is 0 Å². The van der Waals surface area contributed by atoms with E-state index < -0.39 is 0 Å². The van der Waals surface area contributed by atoms with Crippen molar-refractivity contribution in [2.45, 2.75) is 12.5 Å². The van der Waals surface area contributed by atoms with Crippen molar-refractivity contribution in [1.82, 2.24) is 5.01 Å². The molecule has 1 heterocycles. The molecule has 1 atom stereocenters. The Labute approximate surface area is 163 Å². The average molecular weight is 370 g/mol. The monoisotopic (exact) mass is 370 g/mol. The molecule has 0 radical (unpaired) electrons. The van der Waals surface area contributed by atoms with Crippen molar-refractivity contribution in [2.24, 2.45) is 5.10 Å². The molecule has 1 aliphatic rings. The van der Waals surface area contributed by atoms with E-state index in [-0.39, 0.29) is 17.8 Å². The van der Waals surface area contributed by atoms with E-state index >= 15 is 0 Å². The molecule has 0 fully saturated rings. The van der Waals surface area contributed by atoms with E-state index in [2.05, 4.69) is 5.10 Å². The van der Waals surface area contributed by atoms with Crippen LogP contribution in [0.3, 0.4) is 0 Å². The van der Waals surface area contributed by atoms with Gasteiger partial charge in [-0.15, -0.1) is 0 Å². The number of rotatable bonds is 4. The second-order valence-electron chi connectivity index (χ2n) is 6.61. The molecule has 0 N–H and O–H groups in total. The second kappa shape index (κ2) is 8.01. The first kappa shape index (κ1) is 17.9. The molecule has 3 nitrogen and oxygen atoms in total. The minimum Gasteiger partial charge on any atom is -0.268 e. The molecule has 0 saturated carbocycles. The van der Waals surface area contributed by atoms with Crippen LogP contribution in [0.2, 0.25) is 0 Å². The fourth-order valence-corrected chi connectivity index (χ4v) is 3.27. The fraction of sp³-hybridized carbons (Fsp3) is 0.0833. The molecule has 0 bridgehead atoms. The lowest BCUT2D eigenvalue weighted by molar-refractivity contribution is -0.127. The first-order valence-electron chi connectivity index (χ1n) is 9.15. The summed E-state index contributed by atoms with van der Waals surface area (Å²) in [6.45, 7) is 0. The predicted octanol–water partition coefficient (Wildman–Crippen LogP) is 5.22. The molecule has 138 valence electrons. The summed E-state index contributed by atoms with van der Waals surface area (Å²) in [5.74, 6) is -0.503. The van der Waals surface area contributed by atoms with Crippen molar-refractivity contribution < 1.29 is 9.18 Å². The van der Waals surface area contributed by atoms with Gasteiger partial charge in [0.1, 0.15) is 5.82 Å². The molecule has 0 spiro atoms. The Morgan fingerprint density at radius 2 is 1.57 bits per heavy atom. The zero-order valence-corrected chi connectivity index (χ0v) is 15.2. The minimum atomic E-state index is -0.298. The van der Waals surface area contributed by atoms with Crippen molar-refractivity contribution in [3.05, 3.63) is 114 Å². The minimum absolute atomic E-state index is 0.205. The van der Waals surface area contributed by atoms with E-state index in [9.17, 15) is 9.18 Å². The molecule has 1 unspecified atom stereocenters. The maximum Gasteiger partial charge on any atom is 0.267 e. The summed E-state index contributed by atoms with van der Waals surface area (Å²) in [5, 5.41) is 6.10. The molecule has 0 aliphatic carbocycles. The molecular formula is C24H19FN2O. The van der Waals surface area contributed by atoms with Crippen LogP contribution in [-0.4, -0.2) is 16.6 Å². The lowest BCUT2D eigenvalue weighted by Crippen LogP contribution is -2.25. The third-order valence-electron chi connectivity index (χ3n) is 4.72. The van der Waals surface area contributed by atoms with Crippen LogP contribution in [0.4, 0.5) is 4.39 Å². The quantitative estimate of drug-likeness (QED) is 0.580. The highest BCUT2D eigenvalue weighted by atomic mass is 19.1. The van der Waals surface area contributed by atoms with Crippen LogP contribution in [-0.2, 0) is 4.79 Å². The van der Waals surface area contributed by atoms with E-state index in [0.717, 1.165) is 22.4 Å². The molecule has 0 aromatic heterocycles. The summed E-state index contributed by atoms with van der Waals surface area (Å²) >= 11 is 0. The Bertz CT molecular complexity index is 1010. The zero-order chi connectivity index (χ0) is 19.3. The molecule has 3 aromatic rings. The summed E-state index contributed by atoms with van der Waals surface area (Å²) in [5.41, 5.74) is 3.63. The Kier molecular flexibility index (Phi) is 5.11. The average Bonchev–Trinajstić information content (AvgIpc) is 3.19. The van der Waals surface area contributed by atoms with Crippen molar-refractivity contribution in [3.63, 3.8) is 0 Å². The van der Waals surface area contributed by atoms with Crippen LogP contribution < -0.4 is 0 Å². The van der Waals surface area contributed by atoms with E-state index in [1.165, 1.54) is 23.2 Å². The number of amides is 1. The SMILES string of the molecule is O=C(C=Cc1ccccc1)N1N=C(c2ccccc2)CC1c1ccc(F)cc1. The molecule has 0 saturated heterocycles. The molecule has 1 aliphatic heterocycles. The molecule has 28 heavy (non-hydrogen) atoms. The van der Waals surface area contributed by atoms with Gasteiger partial charge in [0, 0.05) is 12.5 Å². The number of hydrazone groups is 1. The number of benzene rings is 3. The number of carbonyl (C=O) groups is 1. The summed E-state index contributed by atoms with van der Waals surface area (Å²) in [6, 6.07) is 25.4. The van der Waals surface area contributed by atoms with Crippen molar-refractivity contribution in [2.75, 3.05) is 0 Å². The zero-order valence-electron chi connectivity index (χ0n) is 15.2. The molecule has 4 heteroatoms. The van der Waals surface area contributed by atoms with Crippen LogP contribution in [0.25, 0.3) is 6.08 Å². The Hall–Kier alpha value is -3.53. The van der Waals surface area contributed by atoms with Gasteiger partial charge in [-0.2, -0.15) is 5.10 Å². The fourth-order valence-electron chi connectivity index (χ4n) is 3.27. The van der Waals surface area contributed by atoms with E-state index in [1.54, 1.807) is 18.2 Å². The topological polar surface area (TPSA) is 32.7 Å². The van der Waals surface area contributed by atoms with Crippen LogP contribution in [0.5, 0.6) is 0 Å². The first-order valence-corrected chi connectivity index (χ1v) is 9.15. The number of carbonyl (C=O) groups excluding carboxylic acids is 1. The van der Waals surface area contributed by atoms with Crippen LogP contribution in [0.15, 0.2) is 96.1 Å². The summed E-state index contributed by atoms with van der Waals surface area (Å²) in [7, 11) is 0. The summed E-state index contributed by atoms with van der Waals surface area (Å²) in [6.07, 6.45) is 3.89. The first-order chi connectivity index (χ1) is 13.7.